The lowest BCUT2D eigenvalue weighted by atomic mass is 9.86. The molecule has 2 amide bonds. The van der Waals surface area contributed by atoms with Crippen molar-refractivity contribution in [1.82, 2.24) is 5.32 Å². The van der Waals surface area contributed by atoms with Crippen LogP contribution in [0.25, 0.3) is 0 Å². The Morgan fingerprint density at radius 3 is 1.83 bits per heavy atom. The number of primary amides is 1. The van der Waals surface area contributed by atoms with Crippen LogP contribution in [0.15, 0.2) is 0 Å². The summed E-state index contributed by atoms with van der Waals surface area (Å²) >= 11 is 0. The number of nitrogens with two attached hydrogens (primary N) is 1. The zero-order chi connectivity index (χ0) is 9.94. The van der Waals surface area contributed by atoms with Crippen molar-refractivity contribution in [3.63, 3.8) is 0 Å². The summed E-state index contributed by atoms with van der Waals surface area (Å²) in [5.41, 5.74) is 4.78. The molecule has 0 aliphatic heterocycles. The molecule has 3 N–H and O–H groups in total. The highest BCUT2D eigenvalue weighted by molar-refractivity contribution is 5.86. The Kier molecular flexibility index (Phi) is 3.24. The average Bonchev–Trinajstić information content (AvgIpc) is 1.79. The summed E-state index contributed by atoms with van der Waals surface area (Å²) in [5.74, 6) is -0.744. The largest absolute Gasteiger partial charge is 0.368 e. The highest BCUT2D eigenvalue weighted by Crippen LogP contribution is 2.18. The van der Waals surface area contributed by atoms with Crippen LogP contribution in [-0.4, -0.2) is 17.9 Å². The smallest absolute Gasteiger partial charge is 0.240 e. The Morgan fingerprint density at radius 1 is 1.33 bits per heavy atom. The van der Waals surface area contributed by atoms with E-state index in [0.717, 1.165) is 0 Å². The van der Waals surface area contributed by atoms with Crippen molar-refractivity contribution < 1.29 is 9.59 Å². The van der Waals surface area contributed by atoms with Crippen LogP contribution in [0, 0.1) is 5.41 Å². The Morgan fingerprint density at radius 2 is 1.75 bits per heavy atom. The number of amides is 2. The van der Waals surface area contributed by atoms with Crippen molar-refractivity contribution in [3.8, 4) is 0 Å². The maximum Gasteiger partial charge on any atom is 0.240 e. The normalized spacial score (nSPS) is 13.7. The van der Waals surface area contributed by atoms with Crippen LogP contribution in [0.3, 0.4) is 0 Å². The summed E-state index contributed by atoms with van der Waals surface area (Å²) in [7, 11) is 0. The van der Waals surface area contributed by atoms with Crippen molar-refractivity contribution in [2.24, 2.45) is 11.1 Å². The summed E-state index contributed by atoms with van der Waals surface area (Å²) in [6.45, 7) is 6.90. The van der Waals surface area contributed by atoms with E-state index in [9.17, 15) is 9.59 Å². The Labute approximate surface area is 72.5 Å². The van der Waals surface area contributed by atoms with Crippen LogP contribution in [0.1, 0.15) is 27.7 Å². The second kappa shape index (κ2) is 3.56. The van der Waals surface area contributed by atoms with Crippen LogP contribution in [0.4, 0.5) is 0 Å². The van der Waals surface area contributed by atoms with E-state index in [1.54, 1.807) is 0 Å². The molecule has 1 atom stereocenters. The maximum absolute atomic E-state index is 10.9. The predicted octanol–water partition coefficient (Wildman–Crippen LogP) is 0.0225. The van der Waals surface area contributed by atoms with Crippen LogP contribution < -0.4 is 11.1 Å². The third kappa shape index (κ3) is 3.37. The highest BCUT2D eigenvalue weighted by atomic mass is 16.2. The van der Waals surface area contributed by atoms with E-state index in [2.05, 4.69) is 5.32 Å². The number of nitrogens with one attached hydrogen (secondary N) is 1. The molecule has 0 radical (unpaired) electrons. The van der Waals surface area contributed by atoms with Crippen molar-refractivity contribution in [2.75, 3.05) is 0 Å². The Hall–Kier alpha value is -1.06. The molecule has 0 aromatic rings. The first kappa shape index (κ1) is 10.9. The van der Waals surface area contributed by atoms with Gasteiger partial charge in [-0.2, -0.15) is 0 Å². The first-order valence-corrected chi connectivity index (χ1v) is 3.81. The molecule has 0 saturated carbocycles. The van der Waals surface area contributed by atoms with Gasteiger partial charge in [0.25, 0.3) is 0 Å². The molecular formula is C8H16N2O2. The molecule has 0 aromatic heterocycles. The molecule has 70 valence electrons. The van der Waals surface area contributed by atoms with Crippen molar-refractivity contribution >= 4 is 11.8 Å². The zero-order valence-electron chi connectivity index (χ0n) is 7.97. The van der Waals surface area contributed by atoms with Gasteiger partial charge in [-0.15, -0.1) is 0 Å². The number of hydrogen-bond acceptors (Lipinski definition) is 2. The lowest BCUT2D eigenvalue weighted by molar-refractivity contribution is -0.128. The van der Waals surface area contributed by atoms with E-state index >= 15 is 0 Å². The molecule has 0 fully saturated rings. The quantitative estimate of drug-likeness (QED) is 0.616. The van der Waals surface area contributed by atoms with E-state index in [1.165, 1.54) is 6.92 Å². The van der Waals surface area contributed by atoms with Crippen LogP contribution in [0.5, 0.6) is 0 Å². The van der Waals surface area contributed by atoms with Gasteiger partial charge in [0, 0.05) is 6.92 Å². The maximum atomic E-state index is 10.9. The van der Waals surface area contributed by atoms with Gasteiger partial charge in [-0.1, -0.05) is 20.8 Å². The van der Waals surface area contributed by atoms with Crippen molar-refractivity contribution in [2.45, 2.75) is 33.7 Å². The summed E-state index contributed by atoms with van der Waals surface area (Å²) < 4.78 is 0. The summed E-state index contributed by atoms with van der Waals surface area (Å²) in [4.78, 5) is 21.6. The average molecular weight is 172 g/mol. The fourth-order valence-corrected chi connectivity index (χ4v) is 0.918. The van der Waals surface area contributed by atoms with E-state index in [0.29, 0.717) is 0 Å². The molecule has 0 bridgehead atoms. The SMILES string of the molecule is CC(=O)N[C@H](C(N)=O)C(C)(C)C. The van der Waals surface area contributed by atoms with Crippen LogP contribution in [-0.2, 0) is 9.59 Å². The van der Waals surface area contributed by atoms with Gasteiger partial charge in [0.05, 0.1) is 0 Å². The fourth-order valence-electron chi connectivity index (χ4n) is 0.918. The molecule has 0 saturated heterocycles. The highest BCUT2D eigenvalue weighted by Gasteiger charge is 2.29. The molecule has 0 heterocycles. The lowest BCUT2D eigenvalue weighted by Crippen LogP contribution is -2.51. The Balaban J connectivity index is 4.46. The summed E-state index contributed by atoms with van der Waals surface area (Å²) in [6.07, 6.45) is 0. The molecular weight excluding hydrogens is 156 g/mol. The minimum atomic E-state index is -0.602. The van der Waals surface area contributed by atoms with Gasteiger partial charge in [0.15, 0.2) is 0 Å². The van der Waals surface area contributed by atoms with E-state index in [-0.39, 0.29) is 11.3 Å². The topological polar surface area (TPSA) is 72.2 Å². The number of hydrogen-bond donors (Lipinski definition) is 2. The van der Waals surface area contributed by atoms with Crippen LogP contribution in [0.2, 0.25) is 0 Å². The van der Waals surface area contributed by atoms with Gasteiger partial charge in [-0.25, -0.2) is 0 Å². The first-order chi connectivity index (χ1) is 5.25. The standard InChI is InChI=1S/C8H16N2O2/c1-5(11)10-6(7(9)12)8(2,3)4/h6H,1-4H3,(H2,9,12)(H,10,11)/t6-/m1/s1. The molecule has 0 rings (SSSR count). The number of carbonyl (C=O) groups is 2. The molecule has 4 heteroatoms. The predicted molar refractivity (Wildman–Crippen MR) is 46.3 cm³/mol. The van der Waals surface area contributed by atoms with Gasteiger partial charge in [-0.05, 0) is 5.41 Å². The molecule has 12 heavy (non-hydrogen) atoms. The minimum absolute atomic E-state index is 0.242. The van der Waals surface area contributed by atoms with Gasteiger partial charge < -0.3 is 11.1 Å². The van der Waals surface area contributed by atoms with Gasteiger partial charge in [0.1, 0.15) is 6.04 Å². The monoisotopic (exact) mass is 172 g/mol. The second-order valence-electron chi connectivity index (χ2n) is 3.90. The van der Waals surface area contributed by atoms with Crippen LogP contribution >= 0.6 is 0 Å². The molecule has 0 aliphatic carbocycles. The first-order valence-electron chi connectivity index (χ1n) is 3.81. The van der Waals surface area contributed by atoms with Crippen molar-refractivity contribution in [3.05, 3.63) is 0 Å². The fraction of sp³-hybridized carbons (Fsp3) is 0.750. The van der Waals surface area contributed by atoms with Crippen molar-refractivity contribution in [1.29, 1.82) is 0 Å². The third-order valence-corrected chi connectivity index (χ3v) is 1.50. The van der Waals surface area contributed by atoms with E-state index in [4.69, 9.17) is 5.73 Å². The molecule has 0 unspecified atom stereocenters. The van der Waals surface area contributed by atoms with Gasteiger partial charge in [0.2, 0.25) is 11.8 Å². The van der Waals surface area contributed by atoms with E-state index < -0.39 is 11.9 Å². The minimum Gasteiger partial charge on any atom is -0.368 e. The molecule has 0 spiro atoms. The number of carbonyl (C=O) groups excluding carboxylic acids is 2. The molecule has 0 aromatic carbocycles. The second-order valence-corrected chi connectivity index (χ2v) is 3.90. The third-order valence-electron chi connectivity index (χ3n) is 1.50. The Bertz CT molecular complexity index is 194. The molecule has 4 nitrogen and oxygen atoms in total. The molecule has 0 aliphatic rings. The van der Waals surface area contributed by atoms with E-state index in [1.807, 2.05) is 20.8 Å². The van der Waals surface area contributed by atoms with Gasteiger partial charge >= 0.3 is 0 Å². The zero-order valence-corrected chi connectivity index (χ0v) is 7.97. The lowest BCUT2D eigenvalue weighted by Gasteiger charge is -2.28. The van der Waals surface area contributed by atoms with Gasteiger partial charge in [-0.3, -0.25) is 9.59 Å². The summed E-state index contributed by atoms with van der Waals surface area (Å²) in [5, 5.41) is 2.51. The number of rotatable bonds is 2. The summed E-state index contributed by atoms with van der Waals surface area (Å²) in [6, 6.07) is -0.602.